The van der Waals surface area contributed by atoms with Gasteiger partial charge in [0.05, 0.1) is 5.56 Å². The minimum atomic E-state index is -0.0441. The Balaban J connectivity index is 2.29. The van der Waals surface area contributed by atoms with E-state index < -0.39 is 0 Å². The standard InChI is InChI=1S/C15H21N3O/c1-4-13(9(2)3)18-15(19)12-8-17-14-6-5-10(16)7-11(12)14/h5-9,13,17H,4,16H2,1-3H3,(H,18,19). The van der Waals surface area contributed by atoms with Gasteiger partial charge < -0.3 is 16.0 Å². The topological polar surface area (TPSA) is 70.9 Å². The number of nitrogen functional groups attached to an aromatic ring is 1. The number of hydrogen-bond donors (Lipinski definition) is 3. The molecule has 2 aromatic rings. The van der Waals surface area contributed by atoms with Crippen LogP contribution in [0.2, 0.25) is 0 Å². The maximum atomic E-state index is 12.3. The Morgan fingerprint density at radius 1 is 1.42 bits per heavy atom. The number of nitrogens with two attached hydrogens (primary N) is 1. The first-order valence-corrected chi connectivity index (χ1v) is 6.70. The summed E-state index contributed by atoms with van der Waals surface area (Å²) in [5.74, 6) is 0.377. The number of fused-ring (bicyclic) bond motifs is 1. The average Bonchev–Trinajstić information content (AvgIpc) is 2.78. The lowest BCUT2D eigenvalue weighted by molar-refractivity contribution is 0.0926. The van der Waals surface area contributed by atoms with Crippen LogP contribution in [0.15, 0.2) is 24.4 Å². The molecule has 1 heterocycles. The quantitative estimate of drug-likeness (QED) is 0.739. The fourth-order valence-corrected chi connectivity index (χ4v) is 2.31. The van der Waals surface area contributed by atoms with Gasteiger partial charge in [-0.25, -0.2) is 0 Å². The van der Waals surface area contributed by atoms with Gasteiger partial charge in [0.15, 0.2) is 0 Å². The molecule has 1 amide bonds. The van der Waals surface area contributed by atoms with E-state index in [0.717, 1.165) is 17.3 Å². The second kappa shape index (κ2) is 5.34. The number of benzene rings is 1. The van der Waals surface area contributed by atoms with Gasteiger partial charge in [0.25, 0.3) is 5.91 Å². The Labute approximate surface area is 113 Å². The van der Waals surface area contributed by atoms with Crippen molar-refractivity contribution < 1.29 is 4.79 Å². The van der Waals surface area contributed by atoms with Crippen LogP contribution in [0, 0.1) is 5.92 Å². The van der Waals surface area contributed by atoms with Gasteiger partial charge in [-0.1, -0.05) is 20.8 Å². The maximum Gasteiger partial charge on any atom is 0.253 e. The smallest absolute Gasteiger partial charge is 0.253 e. The summed E-state index contributed by atoms with van der Waals surface area (Å²) in [4.78, 5) is 15.4. The monoisotopic (exact) mass is 259 g/mol. The number of nitrogens with one attached hydrogen (secondary N) is 2. The van der Waals surface area contributed by atoms with Crippen LogP contribution < -0.4 is 11.1 Å². The number of amides is 1. The van der Waals surface area contributed by atoms with Crippen LogP contribution in [0.5, 0.6) is 0 Å². The van der Waals surface area contributed by atoms with E-state index in [0.29, 0.717) is 17.2 Å². The van der Waals surface area contributed by atoms with Crippen molar-refractivity contribution >= 4 is 22.5 Å². The van der Waals surface area contributed by atoms with E-state index in [1.54, 1.807) is 6.20 Å². The van der Waals surface area contributed by atoms with Gasteiger partial charge >= 0.3 is 0 Å². The Hall–Kier alpha value is -1.97. The van der Waals surface area contributed by atoms with Gasteiger partial charge in [0.1, 0.15) is 0 Å². The molecule has 0 aliphatic rings. The number of aromatic nitrogens is 1. The lowest BCUT2D eigenvalue weighted by Crippen LogP contribution is -2.37. The molecule has 0 saturated carbocycles. The Kier molecular flexibility index (Phi) is 3.79. The van der Waals surface area contributed by atoms with Crippen LogP contribution in [0.4, 0.5) is 5.69 Å². The first kappa shape index (κ1) is 13.5. The lowest BCUT2D eigenvalue weighted by Gasteiger charge is -2.20. The molecule has 102 valence electrons. The summed E-state index contributed by atoms with van der Waals surface area (Å²) >= 11 is 0. The predicted octanol–water partition coefficient (Wildman–Crippen LogP) is 2.91. The van der Waals surface area contributed by atoms with Crippen LogP contribution in [0.3, 0.4) is 0 Å². The highest BCUT2D eigenvalue weighted by Gasteiger charge is 2.17. The number of rotatable bonds is 4. The first-order valence-electron chi connectivity index (χ1n) is 6.70. The van der Waals surface area contributed by atoms with Gasteiger partial charge in [-0.3, -0.25) is 4.79 Å². The molecule has 0 aliphatic carbocycles. The number of anilines is 1. The normalized spacial score (nSPS) is 12.8. The molecule has 19 heavy (non-hydrogen) atoms. The molecule has 1 aromatic heterocycles. The summed E-state index contributed by atoms with van der Waals surface area (Å²) in [5.41, 5.74) is 8.03. The summed E-state index contributed by atoms with van der Waals surface area (Å²) in [7, 11) is 0. The summed E-state index contributed by atoms with van der Waals surface area (Å²) in [6.45, 7) is 6.31. The highest BCUT2D eigenvalue weighted by atomic mass is 16.1. The van der Waals surface area contributed by atoms with E-state index in [4.69, 9.17) is 5.73 Å². The third kappa shape index (κ3) is 2.72. The van der Waals surface area contributed by atoms with Crippen LogP contribution in [0.25, 0.3) is 10.9 Å². The molecule has 0 bridgehead atoms. The number of hydrogen-bond acceptors (Lipinski definition) is 2. The highest BCUT2D eigenvalue weighted by Crippen LogP contribution is 2.21. The molecule has 0 saturated heterocycles. The molecule has 0 spiro atoms. The van der Waals surface area contributed by atoms with Crippen molar-refractivity contribution in [3.8, 4) is 0 Å². The summed E-state index contributed by atoms with van der Waals surface area (Å²) in [5, 5.41) is 3.95. The van der Waals surface area contributed by atoms with E-state index in [1.807, 2.05) is 18.2 Å². The molecule has 2 rings (SSSR count). The lowest BCUT2D eigenvalue weighted by atomic mass is 10.0. The number of aromatic amines is 1. The zero-order chi connectivity index (χ0) is 14.0. The van der Waals surface area contributed by atoms with Crippen molar-refractivity contribution in [2.45, 2.75) is 33.2 Å². The zero-order valence-corrected chi connectivity index (χ0v) is 11.7. The molecule has 1 unspecified atom stereocenters. The Bertz CT molecular complexity index is 586. The summed E-state index contributed by atoms with van der Waals surface area (Å²) in [6.07, 6.45) is 2.67. The number of H-pyrrole nitrogens is 1. The van der Waals surface area contributed by atoms with Crippen molar-refractivity contribution in [3.05, 3.63) is 30.0 Å². The predicted molar refractivity (Wildman–Crippen MR) is 79.1 cm³/mol. The summed E-state index contributed by atoms with van der Waals surface area (Å²) < 4.78 is 0. The number of carbonyl (C=O) groups excluding carboxylic acids is 1. The van der Waals surface area contributed by atoms with Crippen LogP contribution in [-0.2, 0) is 0 Å². The molecule has 1 atom stereocenters. The van der Waals surface area contributed by atoms with Crippen molar-refractivity contribution in [3.63, 3.8) is 0 Å². The fraction of sp³-hybridized carbons (Fsp3) is 0.400. The summed E-state index contributed by atoms with van der Waals surface area (Å²) in [6, 6.07) is 5.74. The largest absolute Gasteiger partial charge is 0.399 e. The molecule has 1 aromatic carbocycles. The van der Waals surface area contributed by atoms with Gasteiger partial charge in [-0.15, -0.1) is 0 Å². The van der Waals surface area contributed by atoms with Gasteiger partial charge in [0.2, 0.25) is 0 Å². The van der Waals surface area contributed by atoms with E-state index in [2.05, 4.69) is 31.1 Å². The van der Waals surface area contributed by atoms with Crippen molar-refractivity contribution in [1.82, 2.24) is 10.3 Å². The van der Waals surface area contributed by atoms with Crippen LogP contribution in [-0.4, -0.2) is 16.9 Å². The Morgan fingerprint density at radius 3 is 2.79 bits per heavy atom. The van der Waals surface area contributed by atoms with E-state index in [9.17, 15) is 4.79 Å². The molecule has 0 radical (unpaired) electrons. The molecular weight excluding hydrogens is 238 g/mol. The molecule has 0 fully saturated rings. The zero-order valence-electron chi connectivity index (χ0n) is 11.7. The minimum Gasteiger partial charge on any atom is -0.399 e. The third-order valence-electron chi connectivity index (χ3n) is 3.51. The van der Waals surface area contributed by atoms with E-state index in [1.165, 1.54) is 0 Å². The van der Waals surface area contributed by atoms with E-state index in [-0.39, 0.29) is 11.9 Å². The van der Waals surface area contributed by atoms with Crippen molar-refractivity contribution in [1.29, 1.82) is 0 Å². The van der Waals surface area contributed by atoms with Crippen molar-refractivity contribution in [2.24, 2.45) is 5.92 Å². The van der Waals surface area contributed by atoms with Gasteiger partial charge in [0, 0.05) is 28.8 Å². The Morgan fingerprint density at radius 2 is 2.16 bits per heavy atom. The third-order valence-corrected chi connectivity index (χ3v) is 3.51. The van der Waals surface area contributed by atoms with E-state index >= 15 is 0 Å². The van der Waals surface area contributed by atoms with Crippen LogP contribution in [0.1, 0.15) is 37.6 Å². The molecule has 0 aliphatic heterocycles. The second-order valence-electron chi connectivity index (χ2n) is 5.24. The molecule has 4 N–H and O–H groups in total. The SMILES string of the molecule is CCC(NC(=O)c1c[nH]c2ccc(N)cc12)C(C)C. The maximum absolute atomic E-state index is 12.3. The van der Waals surface area contributed by atoms with Gasteiger partial charge in [-0.2, -0.15) is 0 Å². The van der Waals surface area contributed by atoms with Gasteiger partial charge in [-0.05, 0) is 30.5 Å². The average molecular weight is 259 g/mol. The number of carbonyl (C=O) groups is 1. The second-order valence-corrected chi connectivity index (χ2v) is 5.24. The molecular formula is C15H21N3O. The first-order chi connectivity index (χ1) is 9.02. The fourth-order valence-electron chi connectivity index (χ4n) is 2.31. The van der Waals surface area contributed by atoms with Crippen LogP contribution >= 0.6 is 0 Å². The van der Waals surface area contributed by atoms with Crippen molar-refractivity contribution in [2.75, 3.05) is 5.73 Å². The minimum absolute atomic E-state index is 0.0441. The molecule has 4 nitrogen and oxygen atoms in total. The highest BCUT2D eigenvalue weighted by molar-refractivity contribution is 6.07. The molecule has 4 heteroatoms.